The zero-order chi connectivity index (χ0) is 25.4. The normalized spacial score (nSPS) is 19.3. The summed E-state index contributed by atoms with van der Waals surface area (Å²) in [6.07, 6.45) is 6.20. The molecule has 186 valence electrons. The molecule has 1 aliphatic carbocycles. The standard InChI is InChI=1S/C24H33FN10/c1-23(2)9-17(10-24(3,4)34-23)31-21-15(11-26)12-29-22(33-21)32-16-7-18(14-5-6-14)20(25)19(8-16)35(28)13-30-27/h7-8,12-14,17,34H,5-6,9-10,27-28H2,1-4H3,(H2,29,31,32,33)/b30-13-. The molecule has 2 aromatic rings. The summed E-state index contributed by atoms with van der Waals surface area (Å²) in [7, 11) is 0. The van der Waals surface area contributed by atoms with Crippen LogP contribution < -0.4 is 32.6 Å². The highest BCUT2D eigenvalue weighted by Crippen LogP contribution is 2.44. The van der Waals surface area contributed by atoms with Crippen molar-refractivity contribution in [2.75, 3.05) is 15.6 Å². The number of nitriles is 1. The number of anilines is 4. The predicted molar refractivity (Wildman–Crippen MR) is 136 cm³/mol. The van der Waals surface area contributed by atoms with Crippen LogP contribution in [-0.4, -0.2) is 33.4 Å². The van der Waals surface area contributed by atoms with Crippen molar-refractivity contribution >= 4 is 29.5 Å². The molecule has 35 heavy (non-hydrogen) atoms. The summed E-state index contributed by atoms with van der Waals surface area (Å²) >= 11 is 0. The molecule has 7 N–H and O–H groups in total. The molecular weight excluding hydrogens is 447 g/mol. The van der Waals surface area contributed by atoms with Gasteiger partial charge in [-0.15, -0.1) is 0 Å². The Balaban J connectivity index is 1.62. The van der Waals surface area contributed by atoms with E-state index in [1.54, 1.807) is 12.1 Å². The van der Waals surface area contributed by atoms with Crippen molar-refractivity contribution in [3.8, 4) is 6.07 Å². The molecule has 10 nitrogen and oxygen atoms in total. The van der Waals surface area contributed by atoms with Gasteiger partial charge in [-0.05, 0) is 77.0 Å². The highest BCUT2D eigenvalue weighted by molar-refractivity contribution is 5.80. The molecule has 0 spiro atoms. The Hall–Kier alpha value is -3.49. The molecule has 1 saturated carbocycles. The first-order valence-electron chi connectivity index (χ1n) is 11.7. The van der Waals surface area contributed by atoms with Crippen LogP contribution in [0.3, 0.4) is 0 Å². The van der Waals surface area contributed by atoms with Crippen LogP contribution in [0.1, 0.15) is 70.4 Å². The van der Waals surface area contributed by atoms with Crippen molar-refractivity contribution in [3.05, 3.63) is 35.3 Å². The third-order valence-electron chi connectivity index (χ3n) is 6.26. The third-order valence-corrected chi connectivity index (χ3v) is 6.26. The van der Waals surface area contributed by atoms with Gasteiger partial charge in [0.15, 0.2) is 5.82 Å². The van der Waals surface area contributed by atoms with E-state index in [4.69, 9.17) is 11.7 Å². The second-order valence-corrected chi connectivity index (χ2v) is 10.7. The van der Waals surface area contributed by atoms with Crippen molar-refractivity contribution in [2.24, 2.45) is 16.8 Å². The van der Waals surface area contributed by atoms with Crippen molar-refractivity contribution in [2.45, 2.75) is 76.4 Å². The number of hydrogen-bond donors (Lipinski definition) is 5. The molecule has 4 rings (SSSR count). The highest BCUT2D eigenvalue weighted by atomic mass is 19.1. The molecule has 0 unspecified atom stereocenters. The van der Waals surface area contributed by atoms with Gasteiger partial charge in [0.1, 0.15) is 23.8 Å². The lowest BCUT2D eigenvalue weighted by Crippen LogP contribution is -2.60. The number of halogens is 1. The van der Waals surface area contributed by atoms with Gasteiger partial charge in [0.25, 0.3) is 0 Å². The Bertz CT molecular complexity index is 1150. The maximum absolute atomic E-state index is 15.1. The van der Waals surface area contributed by atoms with Crippen molar-refractivity contribution in [1.29, 1.82) is 5.26 Å². The molecule has 2 fully saturated rings. The van der Waals surface area contributed by atoms with E-state index in [1.807, 2.05) is 0 Å². The Morgan fingerprint density at radius 2 is 1.94 bits per heavy atom. The first-order valence-corrected chi connectivity index (χ1v) is 11.7. The second kappa shape index (κ2) is 9.28. The minimum absolute atomic E-state index is 0.0645. The number of nitrogens with one attached hydrogen (secondary N) is 3. The summed E-state index contributed by atoms with van der Waals surface area (Å²) < 4.78 is 15.1. The lowest BCUT2D eigenvalue weighted by molar-refractivity contribution is 0.170. The third kappa shape index (κ3) is 5.78. The van der Waals surface area contributed by atoms with Crippen molar-refractivity contribution < 1.29 is 4.39 Å². The number of nitrogens with two attached hydrogens (primary N) is 2. The number of rotatable bonds is 7. The summed E-state index contributed by atoms with van der Waals surface area (Å²) in [4.78, 5) is 8.89. The maximum Gasteiger partial charge on any atom is 0.229 e. The van der Waals surface area contributed by atoms with Crippen LogP contribution >= 0.6 is 0 Å². The molecule has 1 saturated heterocycles. The smallest absolute Gasteiger partial charge is 0.229 e. The summed E-state index contributed by atoms with van der Waals surface area (Å²) in [6, 6.07) is 5.58. The van der Waals surface area contributed by atoms with Crippen LogP contribution in [0, 0.1) is 17.1 Å². The van der Waals surface area contributed by atoms with Gasteiger partial charge in [0, 0.05) is 22.8 Å². The number of hydrogen-bond acceptors (Lipinski definition) is 9. The Morgan fingerprint density at radius 3 is 2.54 bits per heavy atom. The summed E-state index contributed by atoms with van der Waals surface area (Å²) in [6.45, 7) is 8.67. The fourth-order valence-corrected chi connectivity index (χ4v) is 5.10. The van der Waals surface area contributed by atoms with E-state index in [1.165, 1.54) is 6.20 Å². The number of aromatic nitrogens is 2. The van der Waals surface area contributed by atoms with Gasteiger partial charge in [-0.3, -0.25) is 5.01 Å². The van der Waals surface area contributed by atoms with Gasteiger partial charge in [-0.1, -0.05) is 0 Å². The number of hydrazine groups is 1. The summed E-state index contributed by atoms with van der Waals surface area (Å²) in [5.41, 5.74) is 1.50. The Morgan fingerprint density at radius 1 is 1.26 bits per heavy atom. The molecule has 2 aliphatic rings. The number of nitrogens with zero attached hydrogens (tertiary/aromatic N) is 5. The van der Waals surface area contributed by atoms with Gasteiger partial charge < -0.3 is 21.8 Å². The zero-order valence-corrected chi connectivity index (χ0v) is 20.6. The second-order valence-electron chi connectivity index (χ2n) is 10.7. The maximum atomic E-state index is 15.1. The molecule has 0 atom stereocenters. The molecule has 0 bridgehead atoms. The van der Waals surface area contributed by atoms with Crippen LogP contribution in [0.25, 0.3) is 0 Å². The van der Waals surface area contributed by atoms with Crippen molar-refractivity contribution in [3.63, 3.8) is 0 Å². The molecule has 11 heteroatoms. The van der Waals surface area contributed by atoms with Gasteiger partial charge in [-0.2, -0.15) is 15.3 Å². The lowest BCUT2D eigenvalue weighted by atomic mass is 9.79. The van der Waals surface area contributed by atoms with Crippen LogP contribution in [0.15, 0.2) is 23.4 Å². The van der Waals surface area contributed by atoms with E-state index in [-0.39, 0.29) is 34.7 Å². The molecule has 1 aliphatic heterocycles. The Labute approximate surface area is 205 Å². The fourth-order valence-electron chi connectivity index (χ4n) is 5.10. The molecule has 1 aromatic heterocycles. The van der Waals surface area contributed by atoms with Crippen LogP contribution in [-0.2, 0) is 0 Å². The molecule has 1 aromatic carbocycles. The molecular formula is C24H33FN10. The fraction of sp³-hybridized carbons (Fsp3) is 0.500. The number of benzene rings is 1. The van der Waals surface area contributed by atoms with E-state index >= 15 is 4.39 Å². The van der Waals surface area contributed by atoms with E-state index in [2.05, 4.69) is 64.8 Å². The van der Waals surface area contributed by atoms with Crippen LogP contribution in [0.2, 0.25) is 0 Å². The minimum atomic E-state index is -0.403. The van der Waals surface area contributed by atoms with E-state index in [0.29, 0.717) is 22.6 Å². The van der Waals surface area contributed by atoms with E-state index in [9.17, 15) is 5.26 Å². The zero-order valence-electron chi connectivity index (χ0n) is 20.6. The van der Waals surface area contributed by atoms with Gasteiger partial charge in [0.05, 0.1) is 11.9 Å². The molecule has 0 radical (unpaired) electrons. The highest BCUT2D eigenvalue weighted by Gasteiger charge is 2.38. The number of piperidine rings is 1. The first-order chi connectivity index (χ1) is 16.5. The molecule has 0 amide bonds. The van der Waals surface area contributed by atoms with E-state index < -0.39 is 5.82 Å². The predicted octanol–water partition coefficient (Wildman–Crippen LogP) is 3.41. The van der Waals surface area contributed by atoms with Crippen LogP contribution in [0.5, 0.6) is 0 Å². The average molecular weight is 481 g/mol. The van der Waals surface area contributed by atoms with Crippen molar-refractivity contribution in [1.82, 2.24) is 15.3 Å². The minimum Gasteiger partial charge on any atom is -0.366 e. The first kappa shape index (κ1) is 24.6. The largest absolute Gasteiger partial charge is 0.366 e. The van der Waals surface area contributed by atoms with Gasteiger partial charge in [-0.25, -0.2) is 15.2 Å². The summed E-state index contributed by atoms with van der Waals surface area (Å²) in [5.74, 6) is 11.6. The number of hydrazone groups is 1. The average Bonchev–Trinajstić information content (AvgIpc) is 3.58. The topological polar surface area (TPSA) is 153 Å². The monoisotopic (exact) mass is 480 g/mol. The van der Waals surface area contributed by atoms with Gasteiger partial charge >= 0.3 is 0 Å². The van der Waals surface area contributed by atoms with Crippen LogP contribution in [0.4, 0.5) is 27.5 Å². The van der Waals surface area contributed by atoms with E-state index in [0.717, 1.165) is 37.0 Å². The summed E-state index contributed by atoms with van der Waals surface area (Å²) in [5, 5.41) is 24.3. The lowest BCUT2D eigenvalue weighted by Gasteiger charge is -2.46. The quantitative estimate of drug-likeness (QED) is 0.174. The van der Waals surface area contributed by atoms with Gasteiger partial charge in [0.2, 0.25) is 5.95 Å². The SMILES string of the molecule is CC1(C)CC(Nc2nc(Nc3cc(C4CC4)c(F)c(N(N)/C=N\N)c3)ncc2C#N)CC(C)(C)N1. The molecule has 2 heterocycles. The Kier molecular flexibility index (Phi) is 6.53.